The van der Waals surface area contributed by atoms with Gasteiger partial charge in [-0.05, 0) is 200 Å². The van der Waals surface area contributed by atoms with Crippen molar-refractivity contribution in [2.45, 2.75) is 169 Å². The van der Waals surface area contributed by atoms with Crippen LogP contribution in [0.4, 0.5) is 13.2 Å². The molecule has 1 fully saturated rings. The normalized spacial score (nSPS) is 11.2. The maximum atomic E-state index is 12.0. The van der Waals surface area contributed by atoms with Crippen LogP contribution in [0.5, 0.6) is 5.75 Å². The molecule has 11 aromatic carbocycles. The van der Waals surface area contributed by atoms with Crippen molar-refractivity contribution < 1.29 is 27.4 Å². The van der Waals surface area contributed by atoms with Crippen molar-refractivity contribution >= 4 is 10.8 Å². The summed E-state index contributed by atoms with van der Waals surface area (Å²) in [6, 6.07) is 87.4. The van der Waals surface area contributed by atoms with Crippen LogP contribution in [0.3, 0.4) is 0 Å². The molecule has 0 saturated carbocycles. The lowest BCUT2D eigenvalue weighted by molar-refractivity contribution is -0.138. The zero-order chi connectivity index (χ0) is 70.8. The van der Waals surface area contributed by atoms with Gasteiger partial charge in [-0.1, -0.05) is 318 Å². The van der Waals surface area contributed by atoms with Crippen LogP contribution in [0, 0.1) is 76.2 Å². The molecule has 0 unspecified atom stereocenters. The molecule has 0 bridgehead atoms. The molecule has 98 heavy (non-hydrogen) atoms. The molecule has 0 aromatic heterocycles. The number of ether oxygens (including phenoxy) is 3. The highest BCUT2D eigenvalue weighted by molar-refractivity contribution is 5.85. The number of aryl methyl sites for hydroxylation is 11. The molecular weight excluding hydrogens is 1210 g/mol. The van der Waals surface area contributed by atoms with E-state index in [0.29, 0.717) is 25.0 Å². The summed E-state index contributed by atoms with van der Waals surface area (Å²) in [5, 5.41) is 2.68. The summed E-state index contributed by atoms with van der Waals surface area (Å²) in [5.74, 6) is 2.26. The van der Waals surface area contributed by atoms with E-state index in [1.807, 2.05) is 55.5 Å². The van der Waals surface area contributed by atoms with E-state index in [4.69, 9.17) is 14.2 Å². The molecule has 522 valence electrons. The summed E-state index contributed by atoms with van der Waals surface area (Å²) in [5.41, 5.74) is 21.5. The van der Waals surface area contributed by atoms with Gasteiger partial charge in [-0.15, -0.1) is 0 Å². The zero-order valence-electron chi connectivity index (χ0n) is 60.8. The van der Waals surface area contributed by atoms with Crippen molar-refractivity contribution in [2.24, 2.45) is 0 Å². The van der Waals surface area contributed by atoms with Crippen molar-refractivity contribution in [3.8, 4) is 16.9 Å². The average molecular weight is 1330 g/mol. The highest BCUT2D eigenvalue weighted by atomic mass is 19.4. The molecule has 1 heterocycles. The lowest BCUT2D eigenvalue weighted by atomic mass is 9.84. The smallest absolute Gasteiger partial charge is 0.416 e. The predicted octanol–water partition coefficient (Wildman–Crippen LogP) is 27.3. The summed E-state index contributed by atoms with van der Waals surface area (Å²) in [7, 11) is 1.68. The van der Waals surface area contributed by atoms with Gasteiger partial charge in [-0.3, -0.25) is 0 Å². The maximum absolute atomic E-state index is 12.0. The zero-order valence-corrected chi connectivity index (χ0v) is 60.8. The number of halogens is 3. The summed E-state index contributed by atoms with van der Waals surface area (Å²) in [6.07, 6.45) is -4.35. The lowest BCUT2D eigenvalue weighted by Crippen LogP contribution is -2.12. The highest BCUT2D eigenvalue weighted by Gasteiger charge is 2.31. The molecule has 0 radical (unpaired) electrons. The number of para-hydroxylation sites is 1. The lowest BCUT2D eigenvalue weighted by Gasteiger charge is -2.21. The van der Waals surface area contributed by atoms with E-state index >= 15 is 0 Å². The Morgan fingerprint density at radius 1 is 0.367 bits per heavy atom. The minimum Gasteiger partial charge on any atom is -0.496 e. The summed E-state index contributed by atoms with van der Waals surface area (Å²) in [6.45, 7) is 39.8. The highest BCUT2D eigenvalue weighted by Crippen LogP contribution is 2.32. The summed E-state index contributed by atoms with van der Waals surface area (Å²) in [4.78, 5) is 0. The van der Waals surface area contributed by atoms with Gasteiger partial charge in [0.2, 0.25) is 0 Å². The fourth-order valence-electron chi connectivity index (χ4n) is 10.8. The Kier molecular flexibility index (Phi) is 38.4. The number of alkyl halides is 3. The van der Waals surface area contributed by atoms with Gasteiger partial charge in [0, 0.05) is 5.56 Å². The van der Waals surface area contributed by atoms with Gasteiger partial charge in [-0.25, -0.2) is 0 Å². The second-order valence-electron chi connectivity index (χ2n) is 25.9. The maximum Gasteiger partial charge on any atom is 0.416 e. The standard InChI is InChI=1S/C13H12.C11H10.2C11H16.C10H12O2.C10H14.C8H7F3.C8H10O.C8H10.2CH4/c1-11-7-5-6-10-13(11)12-8-3-2-4-9-12;1-9-5-4-7-10-6-2-3-8-11(9)10;1-8(2)11-6-5-9(3)7-10(11)4;1-9-7-5-6-8-10(9)11(2,3)4;1-8-4-2-3-5-9(8)10-11-6-7-12-10;1-8(2)10-7-5-4-6-9(10)3;1-6-4-2-3-5-7(6)8(9,10)11;1-7-5-3-4-6-8(7)9-2;1-7-5-3-4-6-8(7)2;;/h2-10H,1H3;2-8H,1H3;2*5-8H,1-4H3;2-5,10H,6-7H2,1H3;4-8H,1-3H3;2-5H,1H3;3-6H,1-2H3;3-6H,1-2H3;2*1H4. The number of hydrogen-bond donors (Lipinski definition) is 0. The molecule has 1 aliphatic heterocycles. The van der Waals surface area contributed by atoms with Gasteiger partial charge in [0.1, 0.15) is 5.75 Å². The third-order valence-corrected chi connectivity index (χ3v) is 16.3. The molecule has 3 nitrogen and oxygen atoms in total. The Hall–Kier alpha value is -8.81. The van der Waals surface area contributed by atoms with E-state index in [-0.39, 0.29) is 32.1 Å². The monoisotopic (exact) mass is 1320 g/mol. The molecular formula is C92H115F3O3. The van der Waals surface area contributed by atoms with Gasteiger partial charge in [0.25, 0.3) is 0 Å². The fourth-order valence-corrected chi connectivity index (χ4v) is 10.8. The van der Waals surface area contributed by atoms with Crippen molar-refractivity contribution in [3.05, 3.63) is 350 Å². The van der Waals surface area contributed by atoms with E-state index in [1.165, 1.54) is 113 Å². The van der Waals surface area contributed by atoms with Crippen LogP contribution >= 0.6 is 0 Å². The molecule has 1 saturated heterocycles. The number of hydrogen-bond acceptors (Lipinski definition) is 3. The Morgan fingerprint density at radius 2 is 0.776 bits per heavy atom. The van der Waals surface area contributed by atoms with Crippen LogP contribution < -0.4 is 4.74 Å². The van der Waals surface area contributed by atoms with Gasteiger partial charge in [-0.2, -0.15) is 13.2 Å². The summed E-state index contributed by atoms with van der Waals surface area (Å²) < 4.78 is 52.0. The van der Waals surface area contributed by atoms with E-state index in [2.05, 4.69) is 299 Å². The SMILES string of the molecule is C.C.COc1ccccc1C.Cc1ccc(C(C)C)c(C)c1.Cc1cccc2ccccc12.Cc1ccccc1-c1ccccc1.Cc1ccccc1C.Cc1ccccc1C(C)(C)C.Cc1ccccc1C(C)C.Cc1ccccc1C(F)(F)F.Cc1ccccc1C1OCCO1. The number of rotatable bonds is 5. The second kappa shape index (κ2) is 44.2. The van der Waals surface area contributed by atoms with Crippen LogP contribution in [-0.2, 0) is 21.1 Å². The Morgan fingerprint density at radius 3 is 1.19 bits per heavy atom. The molecule has 0 N–H and O–H groups in total. The van der Waals surface area contributed by atoms with Crippen molar-refractivity contribution in [2.75, 3.05) is 20.3 Å². The van der Waals surface area contributed by atoms with Crippen LogP contribution in [0.1, 0.15) is 170 Å². The van der Waals surface area contributed by atoms with E-state index < -0.39 is 11.7 Å². The van der Waals surface area contributed by atoms with Gasteiger partial charge in [0.05, 0.1) is 25.9 Å². The third-order valence-electron chi connectivity index (χ3n) is 16.3. The van der Waals surface area contributed by atoms with Crippen LogP contribution in [-0.4, -0.2) is 20.3 Å². The topological polar surface area (TPSA) is 27.7 Å². The number of methoxy groups -OCH3 is 1. The van der Waals surface area contributed by atoms with E-state index in [1.54, 1.807) is 13.2 Å². The van der Waals surface area contributed by atoms with Crippen LogP contribution in [0.25, 0.3) is 21.9 Å². The van der Waals surface area contributed by atoms with E-state index in [9.17, 15) is 13.2 Å². The number of benzene rings is 11. The molecule has 6 heteroatoms. The fraction of sp³-hybridized carbons (Fsp3) is 0.304. The molecule has 0 aliphatic carbocycles. The predicted molar refractivity (Wildman–Crippen MR) is 420 cm³/mol. The minimum atomic E-state index is -4.22. The van der Waals surface area contributed by atoms with Gasteiger partial charge < -0.3 is 14.2 Å². The largest absolute Gasteiger partial charge is 0.496 e. The summed E-state index contributed by atoms with van der Waals surface area (Å²) >= 11 is 0. The Balaban J connectivity index is 0.000000375. The molecule has 0 spiro atoms. The molecule has 0 atom stereocenters. The van der Waals surface area contributed by atoms with Gasteiger partial charge >= 0.3 is 6.18 Å². The first-order chi connectivity index (χ1) is 45.6. The van der Waals surface area contributed by atoms with Crippen molar-refractivity contribution in [1.29, 1.82) is 0 Å². The third kappa shape index (κ3) is 29.9. The minimum absolute atomic E-state index is 0. The Labute approximate surface area is 591 Å². The quantitative estimate of drug-likeness (QED) is 0.172. The molecule has 12 rings (SSSR count). The molecule has 0 amide bonds. The number of fused-ring (bicyclic) bond motifs is 1. The van der Waals surface area contributed by atoms with Crippen molar-refractivity contribution in [3.63, 3.8) is 0 Å². The molecule has 1 aliphatic rings. The first-order valence-corrected chi connectivity index (χ1v) is 33.4. The Bertz CT molecular complexity index is 3910. The van der Waals surface area contributed by atoms with E-state index in [0.717, 1.165) is 17.4 Å². The average Bonchev–Trinajstić information content (AvgIpc) is 1.54. The van der Waals surface area contributed by atoms with Crippen LogP contribution in [0.15, 0.2) is 261 Å². The first-order valence-electron chi connectivity index (χ1n) is 33.4. The van der Waals surface area contributed by atoms with Crippen molar-refractivity contribution in [1.82, 2.24) is 0 Å². The second-order valence-corrected chi connectivity index (χ2v) is 25.9. The molecule has 11 aromatic rings. The first kappa shape index (κ1) is 85.3. The van der Waals surface area contributed by atoms with Crippen LogP contribution in [0.2, 0.25) is 0 Å². The van der Waals surface area contributed by atoms with Gasteiger partial charge in [0.15, 0.2) is 6.29 Å².